The Bertz CT molecular complexity index is 524. The van der Waals surface area contributed by atoms with Gasteiger partial charge in [-0.05, 0) is 18.2 Å². The molecule has 0 spiro atoms. The molecular weight excluding hydrogens is 241 g/mol. The third-order valence-corrected chi connectivity index (χ3v) is 2.92. The first-order chi connectivity index (χ1) is 8.08. The summed E-state index contributed by atoms with van der Waals surface area (Å²) < 4.78 is 15.4. The molecule has 17 heavy (non-hydrogen) atoms. The molecule has 0 saturated carbocycles. The third-order valence-electron chi connectivity index (χ3n) is 2.68. The fourth-order valence-electron chi connectivity index (χ4n) is 1.70. The van der Waals surface area contributed by atoms with Crippen LogP contribution in [0.2, 0.25) is 5.02 Å². The van der Waals surface area contributed by atoms with Crippen molar-refractivity contribution in [1.82, 2.24) is 9.55 Å². The van der Waals surface area contributed by atoms with Crippen molar-refractivity contribution in [2.75, 3.05) is 0 Å². The highest BCUT2D eigenvalue weighted by Gasteiger charge is 2.14. The van der Waals surface area contributed by atoms with Gasteiger partial charge < -0.3 is 10.3 Å². The minimum absolute atomic E-state index is 0.337. The van der Waals surface area contributed by atoms with Crippen LogP contribution in [0.1, 0.15) is 17.4 Å². The molecule has 5 heteroatoms. The summed E-state index contributed by atoms with van der Waals surface area (Å²) >= 11 is 5.83. The number of aromatic nitrogens is 2. The zero-order valence-corrected chi connectivity index (χ0v) is 10.2. The fourth-order valence-corrected chi connectivity index (χ4v) is 1.88. The van der Waals surface area contributed by atoms with E-state index in [1.807, 2.05) is 17.8 Å². The standard InChI is InChI=1S/C12H13ClFN3/c1-17-5-4-16-12(17)7-11(15)9-6-8(13)2-3-10(9)14/h2-6,11H,7,15H2,1H3. The van der Waals surface area contributed by atoms with E-state index in [0.29, 0.717) is 17.0 Å². The van der Waals surface area contributed by atoms with E-state index in [1.165, 1.54) is 12.1 Å². The van der Waals surface area contributed by atoms with Gasteiger partial charge in [-0.15, -0.1) is 0 Å². The predicted octanol–water partition coefficient (Wildman–Crippen LogP) is 2.46. The van der Waals surface area contributed by atoms with Crippen LogP contribution in [-0.2, 0) is 13.5 Å². The molecule has 2 rings (SSSR count). The number of imidazole rings is 1. The van der Waals surface area contributed by atoms with E-state index in [1.54, 1.807) is 12.3 Å². The lowest BCUT2D eigenvalue weighted by molar-refractivity contribution is 0.570. The normalized spacial score (nSPS) is 12.7. The van der Waals surface area contributed by atoms with Crippen molar-refractivity contribution in [3.63, 3.8) is 0 Å². The van der Waals surface area contributed by atoms with Gasteiger partial charge in [-0.2, -0.15) is 0 Å². The van der Waals surface area contributed by atoms with Crippen LogP contribution in [0.5, 0.6) is 0 Å². The van der Waals surface area contributed by atoms with E-state index < -0.39 is 6.04 Å². The Labute approximate surface area is 104 Å². The van der Waals surface area contributed by atoms with E-state index in [9.17, 15) is 4.39 Å². The van der Waals surface area contributed by atoms with Gasteiger partial charge in [-0.1, -0.05) is 11.6 Å². The van der Waals surface area contributed by atoms with Gasteiger partial charge in [0.05, 0.1) is 0 Å². The molecular formula is C12H13ClFN3. The van der Waals surface area contributed by atoms with Gasteiger partial charge >= 0.3 is 0 Å². The molecule has 3 nitrogen and oxygen atoms in total. The molecule has 1 atom stereocenters. The molecule has 0 bridgehead atoms. The van der Waals surface area contributed by atoms with Gasteiger partial charge in [0.25, 0.3) is 0 Å². The zero-order chi connectivity index (χ0) is 12.4. The van der Waals surface area contributed by atoms with E-state index in [0.717, 1.165) is 5.82 Å². The van der Waals surface area contributed by atoms with Crippen LogP contribution < -0.4 is 5.73 Å². The second-order valence-corrected chi connectivity index (χ2v) is 4.37. The summed E-state index contributed by atoms with van der Waals surface area (Å²) in [6, 6.07) is 3.95. The molecule has 0 fully saturated rings. The number of benzene rings is 1. The Balaban J connectivity index is 2.23. The summed E-state index contributed by atoms with van der Waals surface area (Å²) in [6.45, 7) is 0. The maximum Gasteiger partial charge on any atom is 0.128 e. The molecule has 1 aromatic carbocycles. The molecule has 1 heterocycles. The first-order valence-electron chi connectivity index (χ1n) is 5.24. The highest BCUT2D eigenvalue weighted by Crippen LogP contribution is 2.22. The number of nitrogens with two attached hydrogens (primary N) is 1. The van der Waals surface area contributed by atoms with Crippen LogP contribution in [0.15, 0.2) is 30.6 Å². The minimum Gasteiger partial charge on any atom is -0.338 e. The molecule has 0 saturated heterocycles. The summed E-state index contributed by atoms with van der Waals surface area (Å²) in [5, 5.41) is 0.483. The summed E-state index contributed by atoms with van der Waals surface area (Å²) in [6.07, 6.45) is 3.99. The average Bonchev–Trinajstić information content (AvgIpc) is 2.68. The van der Waals surface area contributed by atoms with Crippen molar-refractivity contribution in [2.24, 2.45) is 12.8 Å². The molecule has 2 N–H and O–H groups in total. The van der Waals surface area contributed by atoms with Crippen LogP contribution in [-0.4, -0.2) is 9.55 Å². The number of hydrogen-bond acceptors (Lipinski definition) is 2. The van der Waals surface area contributed by atoms with Crippen LogP contribution in [0, 0.1) is 5.82 Å². The Morgan fingerprint density at radius 3 is 2.94 bits per heavy atom. The van der Waals surface area contributed by atoms with Gasteiger partial charge in [-0.3, -0.25) is 0 Å². The van der Waals surface area contributed by atoms with Gasteiger partial charge in [-0.25, -0.2) is 9.37 Å². The maximum absolute atomic E-state index is 13.6. The highest BCUT2D eigenvalue weighted by molar-refractivity contribution is 6.30. The Morgan fingerprint density at radius 1 is 1.53 bits per heavy atom. The predicted molar refractivity (Wildman–Crippen MR) is 65.3 cm³/mol. The lowest BCUT2D eigenvalue weighted by atomic mass is 10.0. The Kier molecular flexibility index (Phi) is 3.45. The first-order valence-corrected chi connectivity index (χ1v) is 5.62. The van der Waals surface area contributed by atoms with Gasteiger partial charge in [0, 0.05) is 42.5 Å². The van der Waals surface area contributed by atoms with Crippen molar-refractivity contribution in [3.05, 3.63) is 52.8 Å². The van der Waals surface area contributed by atoms with Crippen molar-refractivity contribution in [3.8, 4) is 0 Å². The van der Waals surface area contributed by atoms with E-state index in [4.69, 9.17) is 17.3 Å². The van der Waals surface area contributed by atoms with Crippen molar-refractivity contribution in [1.29, 1.82) is 0 Å². The summed E-state index contributed by atoms with van der Waals surface area (Å²) in [7, 11) is 1.88. The van der Waals surface area contributed by atoms with Crippen molar-refractivity contribution >= 4 is 11.6 Å². The van der Waals surface area contributed by atoms with Crippen LogP contribution >= 0.6 is 11.6 Å². The molecule has 1 unspecified atom stereocenters. The van der Waals surface area contributed by atoms with Crippen LogP contribution in [0.25, 0.3) is 0 Å². The SMILES string of the molecule is Cn1ccnc1CC(N)c1cc(Cl)ccc1F. The van der Waals surface area contributed by atoms with E-state index in [-0.39, 0.29) is 5.82 Å². The molecule has 0 aliphatic carbocycles. The third kappa shape index (κ3) is 2.65. The van der Waals surface area contributed by atoms with Crippen LogP contribution in [0.4, 0.5) is 4.39 Å². The molecule has 2 aromatic rings. The molecule has 0 aliphatic heterocycles. The smallest absolute Gasteiger partial charge is 0.128 e. The van der Waals surface area contributed by atoms with Crippen LogP contribution in [0.3, 0.4) is 0 Å². The number of nitrogens with zero attached hydrogens (tertiary/aromatic N) is 2. The lowest BCUT2D eigenvalue weighted by Gasteiger charge is -2.13. The van der Waals surface area contributed by atoms with Crippen molar-refractivity contribution < 1.29 is 4.39 Å². The summed E-state index contributed by atoms with van der Waals surface area (Å²) in [5.41, 5.74) is 6.39. The summed E-state index contributed by atoms with van der Waals surface area (Å²) in [5.74, 6) is 0.480. The lowest BCUT2D eigenvalue weighted by Crippen LogP contribution is -2.17. The van der Waals surface area contributed by atoms with Crippen molar-refractivity contribution in [2.45, 2.75) is 12.5 Å². The Morgan fingerprint density at radius 2 is 2.29 bits per heavy atom. The second kappa shape index (κ2) is 4.85. The number of halogens is 2. The molecule has 0 amide bonds. The number of aryl methyl sites for hydroxylation is 1. The molecule has 0 radical (unpaired) electrons. The second-order valence-electron chi connectivity index (χ2n) is 3.93. The van der Waals surface area contributed by atoms with Gasteiger partial charge in [0.1, 0.15) is 11.6 Å². The maximum atomic E-state index is 13.6. The average molecular weight is 254 g/mol. The van der Waals surface area contributed by atoms with Gasteiger partial charge in [0.2, 0.25) is 0 Å². The monoisotopic (exact) mass is 253 g/mol. The van der Waals surface area contributed by atoms with Gasteiger partial charge in [0.15, 0.2) is 0 Å². The fraction of sp³-hybridized carbons (Fsp3) is 0.250. The topological polar surface area (TPSA) is 43.8 Å². The number of rotatable bonds is 3. The highest BCUT2D eigenvalue weighted by atomic mass is 35.5. The molecule has 1 aromatic heterocycles. The molecule has 90 valence electrons. The number of hydrogen-bond donors (Lipinski definition) is 1. The minimum atomic E-state index is -0.449. The Hall–Kier alpha value is -1.39. The molecule has 0 aliphatic rings. The quantitative estimate of drug-likeness (QED) is 0.913. The van der Waals surface area contributed by atoms with E-state index in [2.05, 4.69) is 4.98 Å². The first kappa shape index (κ1) is 12.1. The summed E-state index contributed by atoms with van der Waals surface area (Å²) in [4.78, 5) is 4.16. The largest absolute Gasteiger partial charge is 0.338 e. The van der Waals surface area contributed by atoms with E-state index >= 15 is 0 Å². The zero-order valence-electron chi connectivity index (χ0n) is 9.40.